The molecule has 2 amide bonds. The first-order chi connectivity index (χ1) is 14.0. The van der Waals surface area contributed by atoms with E-state index in [0.29, 0.717) is 10.8 Å². The van der Waals surface area contributed by atoms with Crippen molar-refractivity contribution >= 4 is 34.8 Å². The number of rotatable bonds is 7. The van der Waals surface area contributed by atoms with Crippen molar-refractivity contribution < 1.29 is 19.1 Å². The first kappa shape index (κ1) is 21.0. The van der Waals surface area contributed by atoms with E-state index in [1.165, 1.54) is 21.8 Å². The van der Waals surface area contributed by atoms with E-state index in [1.807, 2.05) is 37.3 Å². The molecule has 1 atom stereocenters. The highest BCUT2D eigenvalue weighted by atomic mass is 32.1. The van der Waals surface area contributed by atoms with Gasteiger partial charge in [0.1, 0.15) is 4.88 Å². The van der Waals surface area contributed by atoms with Crippen molar-refractivity contribution in [3.8, 4) is 0 Å². The zero-order chi connectivity index (χ0) is 20.8. The quantitative estimate of drug-likeness (QED) is 0.681. The number of aryl methyl sites for hydroxylation is 2. The number of carbonyl (C=O) groups is 3. The summed E-state index contributed by atoms with van der Waals surface area (Å²) in [6.07, 6.45) is 3.90. The Bertz CT molecular complexity index is 906. The second-order valence-corrected chi connectivity index (χ2v) is 8.46. The number of nitrogens with one attached hydrogen (secondary N) is 2. The van der Waals surface area contributed by atoms with E-state index in [-0.39, 0.29) is 12.5 Å². The lowest BCUT2D eigenvalue weighted by molar-refractivity contribution is -0.126. The summed E-state index contributed by atoms with van der Waals surface area (Å²) in [6.45, 7) is 3.63. The highest BCUT2D eigenvalue weighted by Gasteiger charge is 2.21. The van der Waals surface area contributed by atoms with Gasteiger partial charge in [0.15, 0.2) is 6.61 Å². The van der Waals surface area contributed by atoms with E-state index in [9.17, 15) is 14.4 Å². The van der Waals surface area contributed by atoms with Gasteiger partial charge in [-0.25, -0.2) is 4.79 Å². The van der Waals surface area contributed by atoms with Gasteiger partial charge >= 0.3 is 5.97 Å². The molecule has 154 valence electrons. The van der Waals surface area contributed by atoms with Crippen LogP contribution < -0.4 is 10.6 Å². The maximum absolute atomic E-state index is 12.2. The lowest BCUT2D eigenvalue weighted by Gasteiger charge is -2.16. The van der Waals surface area contributed by atoms with Gasteiger partial charge in [-0.15, -0.1) is 11.3 Å². The third-order valence-electron chi connectivity index (χ3n) is 4.98. The minimum atomic E-state index is -0.507. The molecule has 2 N–H and O–H groups in total. The zero-order valence-corrected chi connectivity index (χ0v) is 17.6. The fourth-order valence-electron chi connectivity index (χ4n) is 3.38. The highest BCUT2D eigenvalue weighted by Crippen LogP contribution is 2.32. The standard InChI is InChI=1S/C22H26N2O4S/c1-3-15-6-4-5-7-17(15)24-20(25)12-23-21(26)13-28-22(27)19-11-16-10-14(2)8-9-18(16)29-19/h4-7,11,14H,3,8-10,12-13H2,1-2H3,(H,23,26)(H,24,25)/t14-/m0/s1. The van der Waals surface area contributed by atoms with Crippen molar-refractivity contribution in [2.24, 2.45) is 5.92 Å². The Morgan fingerprint density at radius 3 is 2.79 bits per heavy atom. The molecule has 1 aromatic carbocycles. The number of benzene rings is 1. The average Bonchev–Trinajstić information content (AvgIpc) is 3.14. The molecular formula is C22H26N2O4S. The molecule has 1 aliphatic rings. The van der Waals surface area contributed by atoms with E-state index in [0.717, 1.165) is 36.9 Å². The number of carbonyl (C=O) groups excluding carboxylic acids is 3. The van der Waals surface area contributed by atoms with Gasteiger partial charge < -0.3 is 15.4 Å². The van der Waals surface area contributed by atoms with Crippen LogP contribution in [0, 0.1) is 5.92 Å². The topological polar surface area (TPSA) is 84.5 Å². The zero-order valence-electron chi connectivity index (χ0n) is 16.7. The lowest BCUT2D eigenvalue weighted by atomic mass is 9.90. The molecule has 0 saturated heterocycles. The van der Waals surface area contributed by atoms with E-state index < -0.39 is 18.5 Å². The van der Waals surface area contributed by atoms with Crippen molar-refractivity contribution in [1.82, 2.24) is 5.32 Å². The molecule has 0 spiro atoms. The molecule has 0 unspecified atom stereocenters. The highest BCUT2D eigenvalue weighted by molar-refractivity contribution is 7.14. The van der Waals surface area contributed by atoms with Crippen molar-refractivity contribution in [3.63, 3.8) is 0 Å². The Labute approximate surface area is 174 Å². The second-order valence-electron chi connectivity index (χ2n) is 7.32. The van der Waals surface area contributed by atoms with E-state index in [4.69, 9.17) is 4.74 Å². The van der Waals surface area contributed by atoms with Gasteiger partial charge in [0.05, 0.1) is 6.54 Å². The normalized spacial score (nSPS) is 15.3. The van der Waals surface area contributed by atoms with Crippen molar-refractivity contribution in [3.05, 3.63) is 51.2 Å². The number of thiophene rings is 1. The van der Waals surface area contributed by atoms with Crippen LogP contribution in [0.15, 0.2) is 30.3 Å². The molecule has 0 fully saturated rings. The van der Waals surface area contributed by atoms with Gasteiger partial charge in [-0.05, 0) is 54.9 Å². The maximum Gasteiger partial charge on any atom is 0.348 e. The molecular weight excluding hydrogens is 388 g/mol. The number of ether oxygens (including phenoxy) is 1. The van der Waals surface area contributed by atoms with Gasteiger partial charge in [0.25, 0.3) is 5.91 Å². The van der Waals surface area contributed by atoms with Crippen LogP contribution in [0.1, 0.15) is 45.9 Å². The molecule has 1 aliphatic carbocycles. The van der Waals surface area contributed by atoms with Crippen molar-refractivity contribution in [2.45, 2.75) is 39.5 Å². The first-order valence-corrected chi connectivity index (χ1v) is 10.7. The summed E-state index contributed by atoms with van der Waals surface area (Å²) in [5.41, 5.74) is 2.97. The fourth-order valence-corrected chi connectivity index (χ4v) is 4.49. The van der Waals surface area contributed by atoms with Gasteiger partial charge in [0, 0.05) is 10.6 Å². The number of esters is 1. The Morgan fingerprint density at radius 1 is 1.21 bits per heavy atom. The summed E-state index contributed by atoms with van der Waals surface area (Å²) in [5.74, 6) is -0.700. The van der Waals surface area contributed by atoms with Crippen molar-refractivity contribution in [2.75, 3.05) is 18.5 Å². The summed E-state index contributed by atoms with van der Waals surface area (Å²) in [7, 11) is 0. The number of fused-ring (bicyclic) bond motifs is 1. The predicted octanol–water partition coefficient (Wildman–Crippen LogP) is 3.35. The summed E-state index contributed by atoms with van der Waals surface area (Å²) in [4.78, 5) is 38.0. The maximum atomic E-state index is 12.2. The number of hydrogen-bond donors (Lipinski definition) is 2. The third-order valence-corrected chi connectivity index (χ3v) is 6.20. The first-order valence-electron chi connectivity index (χ1n) is 9.89. The van der Waals surface area contributed by atoms with Crippen LogP contribution in [-0.4, -0.2) is 30.9 Å². The molecule has 6 nitrogen and oxygen atoms in total. The smallest absolute Gasteiger partial charge is 0.348 e. The molecule has 3 rings (SSSR count). The van der Waals surface area contributed by atoms with Gasteiger partial charge in [-0.1, -0.05) is 32.0 Å². The summed E-state index contributed by atoms with van der Waals surface area (Å²) in [6, 6.07) is 9.40. The van der Waals surface area contributed by atoms with E-state index in [2.05, 4.69) is 17.6 Å². The van der Waals surface area contributed by atoms with Gasteiger partial charge in [0.2, 0.25) is 5.91 Å². The van der Waals surface area contributed by atoms with Gasteiger partial charge in [-0.2, -0.15) is 0 Å². The molecule has 0 radical (unpaired) electrons. The number of amides is 2. The summed E-state index contributed by atoms with van der Waals surface area (Å²) in [5, 5.41) is 5.26. The van der Waals surface area contributed by atoms with Gasteiger partial charge in [-0.3, -0.25) is 9.59 Å². The summed E-state index contributed by atoms with van der Waals surface area (Å²) >= 11 is 1.45. The van der Waals surface area contributed by atoms with Crippen LogP contribution in [0.3, 0.4) is 0 Å². The molecule has 1 heterocycles. The Hall–Kier alpha value is -2.67. The Morgan fingerprint density at radius 2 is 2.00 bits per heavy atom. The third kappa shape index (κ3) is 5.67. The minimum absolute atomic E-state index is 0.181. The van der Waals surface area contributed by atoms with Crippen molar-refractivity contribution in [1.29, 1.82) is 0 Å². The van der Waals surface area contributed by atoms with Crippen LogP contribution in [0.2, 0.25) is 0 Å². The average molecular weight is 415 g/mol. The van der Waals surface area contributed by atoms with Crippen LogP contribution in [0.5, 0.6) is 0 Å². The van der Waals surface area contributed by atoms with Crippen LogP contribution in [0.25, 0.3) is 0 Å². The number of para-hydroxylation sites is 1. The molecule has 0 saturated carbocycles. The Kier molecular flexibility index (Phi) is 7.04. The second kappa shape index (κ2) is 9.69. The largest absolute Gasteiger partial charge is 0.451 e. The molecule has 0 bridgehead atoms. The fraction of sp³-hybridized carbons (Fsp3) is 0.409. The van der Waals surface area contributed by atoms with E-state index >= 15 is 0 Å². The molecule has 1 aromatic heterocycles. The monoisotopic (exact) mass is 414 g/mol. The number of anilines is 1. The Balaban J connectivity index is 1.43. The SMILES string of the molecule is CCc1ccccc1NC(=O)CNC(=O)COC(=O)c1cc2c(s1)CC[C@H](C)C2. The molecule has 7 heteroatoms. The number of hydrogen-bond acceptors (Lipinski definition) is 5. The lowest BCUT2D eigenvalue weighted by Crippen LogP contribution is -2.35. The van der Waals surface area contributed by atoms with E-state index in [1.54, 1.807) is 0 Å². The molecule has 29 heavy (non-hydrogen) atoms. The minimum Gasteiger partial charge on any atom is -0.451 e. The summed E-state index contributed by atoms with van der Waals surface area (Å²) < 4.78 is 5.11. The van der Waals surface area contributed by atoms with Crippen LogP contribution in [-0.2, 0) is 33.6 Å². The van der Waals surface area contributed by atoms with Crippen LogP contribution >= 0.6 is 11.3 Å². The molecule has 0 aliphatic heterocycles. The molecule has 2 aromatic rings. The van der Waals surface area contributed by atoms with Crippen LogP contribution in [0.4, 0.5) is 5.69 Å². The predicted molar refractivity (Wildman–Crippen MR) is 113 cm³/mol.